The Morgan fingerprint density at radius 1 is 1.30 bits per heavy atom. The van der Waals surface area contributed by atoms with Gasteiger partial charge in [-0.2, -0.15) is 0 Å². The van der Waals surface area contributed by atoms with E-state index in [0.717, 1.165) is 12.8 Å². The Labute approximate surface area is 59.6 Å². The van der Waals surface area contributed by atoms with Crippen LogP contribution < -0.4 is 5.73 Å². The summed E-state index contributed by atoms with van der Waals surface area (Å²) in [5.74, 6) is 0. The second-order valence-electron chi connectivity index (χ2n) is 2.85. The molecule has 1 rings (SSSR count). The maximum absolute atomic E-state index is 10.7. The van der Waals surface area contributed by atoms with Gasteiger partial charge in [-0.3, -0.25) is 4.57 Å². The monoisotopic (exact) mass is 165 g/mol. The summed E-state index contributed by atoms with van der Waals surface area (Å²) in [6.45, 7) is 0. The van der Waals surface area contributed by atoms with Crippen LogP contribution in [0.4, 0.5) is 0 Å². The third-order valence-corrected chi connectivity index (χ3v) is 3.66. The molecule has 0 aromatic carbocycles. The molecule has 4 N–H and O–H groups in total. The van der Waals surface area contributed by atoms with Crippen LogP contribution in [-0.2, 0) is 4.57 Å². The predicted molar refractivity (Wildman–Crippen MR) is 37.4 cm³/mol. The lowest BCUT2D eigenvalue weighted by atomic mass is 10.3. The van der Waals surface area contributed by atoms with Crippen molar-refractivity contribution in [3.63, 3.8) is 0 Å². The second-order valence-corrected chi connectivity index (χ2v) is 4.83. The van der Waals surface area contributed by atoms with Gasteiger partial charge in [-0.25, -0.2) is 0 Å². The van der Waals surface area contributed by atoms with Gasteiger partial charge in [0.25, 0.3) is 0 Å². The van der Waals surface area contributed by atoms with E-state index in [2.05, 4.69) is 0 Å². The molecule has 5 heteroatoms. The van der Waals surface area contributed by atoms with Gasteiger partial charge in [-0.1, -0.05) is 12.8 Å². The molecule has 0 aliphatic heterocycles. The van der Waals surface area contributed by atoms with Crippen LogP contribution >= 0.6 is 7.60 Å². The number of hydrogen-bond donors (Lipinski definition) is 3. The van der Waals surface area contributed by atoms with Gasteiger partial charge in [0.05, 0.1) is 0 Å². The standard InChI is InChI=1S/C5H12NO3P/c6-5(10(7,8)9)3-1-2-4-5/h1-4,6H2,(H2,7,8,9). The van der Waals surface area contributed by atoms with E-state index >= 15 is 0 Å². The molecule has 0 spiro atoms. The molecule has 10 heavy (non-hydrogen) atoms. The van der Waals surface area contributed by atoms with Crippen LogP contribution in [0.5, 0.6) is 0 Å². The number of rotatable bonds is 1. The lowest BCUT2D eigenvalue weighted by Gasteiger charge is -2.23. The minimum Gasteiger partial charge on any atom is -0.323 e. The van der Waals surface area contributed by atoms with Crippen LogP contribution in [0.2, 0.25) is 0 Å². The molecule has 60 valence electrons. The van der Waals surface area contributed by atoms with Crippen molar-refractivity contribution in [2.75, 3.05) is 0 Å². The summed E-state index contributed by atoms with van der Waals surface area (Å²) in [6.07, 6.45) is 2.58. The third kappa shape index (κ3) is 1.25. The zero-order chi connectivity index (χ0) is 7.83. The molecular weight excluding hydrogens is 153 g/mol. The van der Waals surface area contributed by atoms with Crippen LogP contribution in [0.3, 0.4) is 0 Å². The molecular formula is C5H12NO3P. The maximum Gasteiger partial charge on any atom is 0.345 e. The molecule has 0 heterocycles. The minimum absolute atomic E-state index is 0.456. The summed E-state index contributed by atoms with van der Waals surface area (Å²) in [4.78, 5) is 17.5. The minimum atomic E-state index is -4.05. The second kappa shape index (κ2) is 2.31. The Kier molecular flexibility index (Phi) is 1.90. The van der Waals surface area contributed by atoms with E-state index in [-0.39, 0.29) is 0 Å². The highest BCUT2D eigenvalue weighted by Crippen LogP contribution is 2.55. The van der Waals surface area contributed by atoms with Crippen molar-refractivity contribution in [1.29, 1.82) is 0 Å². The van der Waals surface area contributed by atoms with Crippen molar-refractivity contribution < 1.29 is 14.4 Å². The summed E-state index contributed by atoms with van der Waals surface area (Å²) in [5, 5.41) is -1.20. The van der Waals surface area contributed by atoms with E-state index in [1.807, 2.05) is 0 Å². The van der Waals surface area contributed by atoms with Crippen molar-refractivity contribution in [3.05, 3.63) is 0 Å². The van der Waals surface area contributed by atoms with Gasteiger partial charge in [-0.15, -0.1) is 0 Å². The molecule has 0 atom stereocenters. The maximum atomic E-state index is 10.7. The van der Waals surface area contributed by atoms with Gasteiger partial charge in [0.1, 0.15) is 5.28 Å². The first-order valence-corrected chi connectivity index (χ1v) is 4.91. The van der Waals surface area contributed by atoms with Crippen LogP contribution in [0.1, 0.15) is 25.7 Å². The van der Waals surface area contributed by atoms with E-state index in [4.69, 9.17) is 15.5 Å². The summed E-state index contributed by atoms with van der Waals surface area (Å²) >= 11 is 0. The molecule has 0 saturated heterocycles. The first-order chi connectivity index (χ1) is 4.46. The zero-order valence-electron chi connectivity index (χ0n) is 5.66. The SMILES string of the molecule is NC1(P(=O)(O)O)CCCC1. The highest BCUT2D eigenvalue weighted by atomic mass is 31.2. The van der Waals surface area contributed by atoms with E-state index in [1.54, 1.807) is 0 Å². The van der Waals surface area contributed by atoms with E-state index in [1.165, 1.54) is 0 Å². The highest BCUT2D eigenvalue weighted by molar-refractivity contribution is 7.53. The molecule has 1 saturated carbocycles. The predicted octanol–water partition coefficient (Wildman–Crippen LogP) is 0.393. The van der Waals surface area contributed by atoms with Crippen molar-refractivity contribution in [2.45, 2.75) is 31.0 Å². The molecule has 0 amide bonds. The highest BCUT2D eigenvalue weighted by Gasteiger charge is 2.44. The molecule has 0 unspecified atom stereocenters. The fourth-order valence-electron chi connectivity index (χ4n) is 1.28. The molecule has 0 aromatic heterocycles. The normalized spacial score (nSPS) is 25.1. The molecule has 0 bridgehead atoms. The van der Waals surface area contributed by atoms with Crippen LogP contribution in [0, 0.1) is 0 Å². The van der Waals surface area contributed by atoms with Gasteiger partial charge < -0.3 is 15.5 Å². The average molecular weight is 165 g/mol. The molecule has 1 aliphatic carbocycles. The number of hydrogen-bond acceptors (Lipinski definition) is 2. The van der Waals surface area contributed by atoms with Crippen molar-refractivity contribution in [1.82, 2.24) is 0 Å². The number of nitrogens with two attached hydrogens (primary N) is 1. The largest absolute Gasteiger partial charge is 0.345 e. The van der Waals surface area contributed by atoms with Gasteiger partial charge >= 0.3 is 7.60 Å². The molecule has 4 nitrogen and oxygen atoms in total. The Bertz CT molecular complexity index is 170. The fraction of sp³-hybridized carbons (Fsp3) is 1.00. The molecule has 1 aliphatic rings. The van der Waals surface area contributed by atoms with E-state index in [0.29, 0.717) is 12.8 Å². The van der Waals surface area contributed by atoms with Crippen molar-refractivity contribution >= 4 is 7.60 Å². The Morgan fingerprint density at radius 3 is 1.90 bits per heavy atom. The quantitative estimate of drug-likeness (QED) is 0.491. The average Bonchev–Trinajstić information content (AvgIpc) is 2.13. The van der Waals surface area contributed by atoms with Gasteiger partial charge in [0.2, 0.25) is 0 Å². The van der Waals surface area contributed by atoms with Crippen LogP contribution in [0.25, 0.3) is 0 Å². The summed E-state index contributed by atoms with van der Waals surface area (Å²) in [7, 11) is -4.05. The lowest BCUT2D eigenvalue weighted by Crippen LogP contribution is -2.35. The van der Waals surface area contributed by atoms with Gasteiger partial charge in [-0.05, 0) is 12.8 Å². The topological polar surface area (TPSA) is 83.6 Å². The van der Waals surface area contributed by atoms with Crippen molar-refractivity contribution in [2.24, 2.45) is 5.73 Å². The smallest absolute Gasteiger partial charge is 0.323 e. The molecule has 1 fully saturated rings. The molecule has 0 radical (unpaired) electrons. The summed E-state index contributed by atoms with van der Waals surface area (Å²) < 4.78 is 10.7. The molecule has 0 aromatic rings. The zero-order valence-corrected chi connectivity index (χ0v) is 6.55. The van der Waals surface area contributed by atoms with Crippen LogP contribution in [0.15, 0.2) is 0 Å². The van der Waals surface area contributed by atoms with Gasteiger partial charge in [0.15, 0.2) is 0 Å². The Morgan fingerprint density at radius 2 is 1.70 bits per heavy atom. The Balaban J connectivity index is 2.78. The van der Waals surface area contributed by atoms with Crippen LogP contribution in [-0.4, -0.2) is 15.1 Å². The van der Waals surface area contributed by atoms with Crippen molar-refractivity contribution in [3.8, 4) is 0 Å². The van der Waals surface area contributed by atoms with Gasteiger partial charge in [0, 0.05) is 0 Å². The Hall–Kier alpha value is 0.110. The third-order valence-electron chi connectivity index (χ3n) is 2.05. The summed E-state index contributed by atoms with van der Waals surface area (Å²) in [5.41, 5.74) is 5.47. The lowest BCUT2D eigenvalue weighted by molar-refractivity contribution is 0.325. The van der Waals surface area contributed by atoms with E-state index < -0.39 is 12.9 Å². The first-order valence-electron chi connectivity index (χ1n) is 3.30. The fourth-order valence-corrected chi connectivity index (χ4v) is 2.18. The first kappa shape index (κ1) is 8.21. The summed E-state index contributed by atoms with van der Waals surface area (Å²) in [6, 6.07) is 0. The van der Waals surface area contributed by atoms with E-state index in [9.17, 15) is 4.57 Å².